The molecule has 0 atom stereocenters. The number of unbranched alkanes of at least 4 members (excludes halogenated alkanes) is 1. The highest BCUT2D eigenvalue weighted by Gasteiger charge is 2.13. The van der Waals surface area contributed by atoms with E-state index in [0.29, 0.717) is 0 Å². The van der Waals surface area contributed by atoms with Gasteiger partial charge >= 0.3 is 0 Å². The maximum atomic E-state index is 4.40. The molecule has 0 aliphatic heterocycles. The average Bonchev–Trinajstić information content (AvgIpc) is 2.71. The van der Waals surface area contributed by atoms with E-state index in [0.717, 1.165) is 19.0 Å². The predicted octanol–water partition coefficient (Wildman–Crippen LogP) is 3.55. The standard InChI is InChI=1S/C15H29N3/c1-13(2)8-6-7-9-16-10-14-11-17-18(12-14)15(3,4)5/h11-13,16H,6-10H2,1-5H3. The van der Waals surface area contributed by atoms with E-state index in [1.54, 1.807) is 0 Å². The van der Waals surface area contributed by atoms with Crippen molar-refractivity contribution in [1.82, 2.24) is 15.1 Å². The molecule has 104 valence electrons. The molecular weight excluding hydrogens is 222 g/mol. The summed E-state index contributed by atoms with van der Waals surface area (Å²) in [6, 6.07) is 0. The van der Waals surface area contributed by atoms with Crippen LogP contribution in [0.2, 0.25) is 0 Å². The van der Waals surface area contributed by atoms with Gasteiger partial charge in [0.2, 0.25) is 0 Å². The zero-order valence-electron chi connectivity index (χ0n) is 12.7. The van der Waals surface area contributed by atoms with Crippen LogP contribution in [0.15, 0.2) is 12.4 Å². The lowest BCUT2D eigenvalue weighted by Gasteiger charge is -2.18. The van der Waals surface area contributed by atoms with Crippen LogP contribution in [0.25, 0.3) is 0 Å². The Hall–Kier alpha value is -0.830. The van der Waals surface area contributed by atoms with Gasteiger partial charge in [0.1, 0.15) is 0 Å². The lowest BCUT2D eigenvalue weighted by Crippen LogP contribution is -2.22. The van der Waals surface area contributed by atoms with Crippen molar-refractivity contribution in [3.63, 3.8) is 0 Å². The fourth-order valence-corrected chi connectivity index (χ4v) is 1.85. The van der Waals surface area contributed by atoms with E-state index in [-0.39, 0.29) is 5.54 Å². The van der Waals surface area contributed by atoms with E-state index in [2.05, 4.69) is 51.2 Å². The highest BCUT2D eigenvalue weighted by molar-refractivity contribution is 5.04. The molecule has 0 unspecified atom stereocenters. The van der Waals surface area contributed by atoms with E-state index in [1.165, 1.54) is 24.8 Å². The lowest BCUT2D eigenvalue weighted by atomic mass is 10.1. The first-order valence-corrected chi connectivity index (χ1v) is 7.14. The zero-order chi connectivity index (χ0) is 13.6. The van der Waals surface area contributed by atoms with Gasteiger partial charge in [-0.25, -0.2) is 0 Å². The maximum absolute atomic E-state index is 4.40. The van der Waals surface area contributed by atoms with Gasteiger partial charge in [0.05, 0.1) is 11.7 Å². The highest BCUT2D eigenvalue weighted by atomic mass is 15.3. The Morgan fingerprint density at radius 1 is 1.28 bits per heavy atom. The van der Waals surface area contributed by atoms with Crippen molar-refractivity contribution in [2.45, 2.75) is 66.0 Å². The fourth-order valence-electron chi connectivity index (χ4n) is 1.85. The second-order valence-corrected chi connectivity index (χ2v) is 6.53. The number of hydrogen-bond donors (Lipinski definition) is 1. The molecule has 3 heteroatoms. The molecule has 0 saturated heterocycles. The summed E-state index contributed by atoms with van der Waals surface area (Å²) in [4.78, 5) is 0. The summed E-state index contributed by atoms with van der Waals surface area (Å²) in [6.45, 7) is 13.1. The first-order valence-electron chi connectivity index (χ1n) is 7.14. The summed E-state index contributed by atoms with van der Waals surface area (Å²) >= 11 is 0. The summed E-state index contributed by atoms with van der Waals surface area (Å²) < 4.78 is 2.03. The average molecular weight is 251 g/mol. The number of nitrogens with one attached hydrogen (secondary N) is 1. The quantitative estimate of drug-likeness (QED) is 0.751. The van der Waals surface area contributed by atoms with Gasteiger partial charge in [-0.05, 0) is 39.7 Å². The molecule has 0 aromatic carbocycles. The van der Waals surface area contributed by atoms with Gasteiger partial charge in [-0.1, -0.05) is 26.7 Å². The molecule has 1 aromatic heterocycles. The van der Waals surface area contributed by atoms with Crippen LogP contribution in [0.1, 0.15) is 59.4 Å². The van der Waals surface area contributed by atoms with E-state index in [9.17, 15) is 0 Å². The Balaban J connectivity index is 2.18. The monoisotopic (exact) mass is 251 g/mol. The molecule has 0 bridgehead atoms. The zero-order valence-corrected chi connectivity index (χ0v) is 12.7. The molecule has 18 heavy (non-hydrogen) atoms. The number of nitrogens with zero attached hydrogens (tertiary/aromatic N) is 2. The number of hydrogen-bond acceptors (Lipinski definition) is 2. The van der Waals surface area contributed by atoms with Crippen molar-refractivity contribution >= 4 is 0 Å². The van der Waals surface area contributed by atoms with Crippen LogP contribution in [0.5, 0.6) is 0 Å². The van der Waals surface area contributed by atoms with Gasteiger partial charge in [0.15, 0.2) is 0 Å². The maximum Gasteiger partial charge on any atom is 0.0543 e. The predicted molar refractivity (Wildman–Crippen MR) is 77.6 cm³/mol. The molecular formula is C15H29N3. The second kappa shape index (κ2) is 6.93. The normalized spacial score (nSPS) is 12.3. The first-order chi connectivity index (χ1) is 8.39. The van der Waals surface area contributed by atoms with Gasteiger partial charge in [0.25, 0.3) is 0 Å². The Bertz CT molecular complexity index is 334. The molecule has 0 spiro atoms. The first kappa shape index (κ1) is 15.2. The minimum atomic E-state index is 0.0789. The van der Waals surface area contributed by atoms with Gasteiger partial charge < -0.3 is 5.32 Å². The topological polar surface area (TPSA) is 29.9 Å². The Labute approximate surface area is 112 Å². The summed E-state index contributed by atoms with van der Waals surface area (Å²) in [7, 11) is 0. The van der Waals surface area contributed by atoms with Crippen LogP contribution in [0, 0.1) is 5.92 Å². The van der Waals surface area contributed by atoms with E-state index >= 15 is 0 Å². The summed E-state index contributed by atoms with van der Waals surface area (Å²) in [5.41, 5.74) is 1.35. The minimum absolute atomic E-state index is 0.0789. The molecule has 0 aliphatic rings. The van der Waals surface area contributed by atoms with Gasteiger partial charge in [-0.15, -0.1) is 0 Å². The van der Waals surface area contributed by atoms with Crippen LogP contribution in [-0.4, -0.2) is 16.3 Å². The molecule has 1 heterocycles. The van der Waals surface area contributed by atoms with Gasteiger partial charge in [-0.2, -0.15) is 5.10 Å². The van der Waals surface area contributed by atoms with Crippen molar-refractivity contribution in [1.29, 1.82) is 0 Å². The lowest BCUT2D eigenvalue weighted by molar-refractivity contribution is 0.355. The summed E-state index contributed by atoms with van der Waals surface area (Å²) in [6.07, 6.45) is 8.04. The Morgan fingerprint density at radius 3 is 2.56 bits per heavy atom. The largest absolute Gasteiger partial charge is 0.313 e. The van der Waals surface area contributed by atoms with E-state index in [1.807, 2.05) is 10.9 Å². The summed E-state index contributed by atoms with van der Waals surface area (Å²) in [5, 5.41) is 7.89. The van der Waals surface area contributed by atoms with Crippen molar-refractivity contribution in [2.24, 2.45) is 5.92 Å². The molecule has 1 N–H and O–H groups in total. The number of aromatic nitrogens is 2. The molecule has 0 amide bonds. The minimum Gasteiger partial charge on any atom is -0.313 e. The van der Waals surface area contributed by atoms with Crippen molar-refractivity contribution < 1.29 is 0 Å². The third-order valence-corrected chi connectivity index (χ3v) is 3.04. The van der Waals surface area contributed by atoms with Gasteiger partial charge in [-0.3, -0.25) is 4.68 Å². The Kier molecular flexibility index (Phi) is 5.86. The molecule has 3 nitrogen and oxygen atoms in total. The SMILES string of the molecule is CC(C)CCCCNCc1cnn(C(C)(C)C)c1. The van der Waals surface area contributed by atoms with Crippen molar-refractivity contribution in [3.8, 4) is 0 Å². The van der Waals surface area contributed by atoms with E-state index in [4.69, 9.17) is 0 Å². The van der Waals surface area contributed by atoms with Crippen LogP contribution in [-0.2, 0) is 12.1 Å². The third-order valence-electron chi connectivity index (χ3n) is 3.04. The van der Waals surface area contributed by atoms with Crippen molar-refractivity contribution in [2.75, 3.05) is 6.54 Å². The van der Waals surface area contributed by atoms with E-state index < -0.39 is 0 Å². The van der Waals surface area contributed by atoms with Crippen molar-refractivity contribution in [3.05, 3.63) is 18.0 Å². The van der Waals surface area contributed by atoms with Crippen LogP contribution < -0.4 is 5.32 Å². The van der Waals surface area contributed by atoms with Gasteiger partial charge in [0, 0.05) is 18.3 Å². The second-order valence-electron chi connectivity index (χ2n) is 6.53. The molecule has 0 radical (unpaired) electrons. The fraction of sp³-hybridized carbons (Fsp3) is 0.800. The molecule has 0 saturated carbocycles. The molecule has 0 aliphatic carbocycles. The van der Waals surface area contributed by atoms with Crippen LogP contribution >= 0.6 is 0 Å². The Morgan fingerprint density at radius 2 is 2.00 bits per heavy atom. The smallest absolute Gasteiger partial charge is 0.0543 e. The highest BCUT2D eigenvalue weighted by Crippen LogP contribution is 2.13. The number of rotatable bonds is 7. The third kappa shape index (κ3) is 5.67. The molecule has 1 aromatic rings. The summed E-state index contributed by atoms with van der Waals surface area (Å²) in [5.74, 6) is 0.829. The van der Waals surface area contributed by atoms with Crippen LogP contribution in [0.3, 0.4) is 0 Å². The molecule has 0 fully saturated rings. The van der Waals surface area contributed by atoms with Crippen LogP contribution in [0.4, 0.5) is 0 Å². The molecule has 1 rings (SSSR count).